The van der Waals surface area contributed by atoms with E-state index in [1.54, 1.807) is 35.0 Å². The maximum atomic E-state index is 12.1. The van der Waals surface area contributed by atoms with E-state index in [2.05, 4.69) is 26.2 Å². The van der Waals surface area contributed by atoms with Gasteiger partial charge in [0.2, 0.25) is 5.78 Å². The Labute approximate surface area is 144 Å². The number of ether oxygens (including phenoxy) is 1. The zero-order valence-corrected chi connectivity index (χ0v) is 14.6. The molecule has 0 aliphatic carbocycles. The van der Waals surface area contributed by atoms with Crippen LogP contribution in [0.5, 0.6) is 0 Å². The maximum Gasteiger partial charge on any atom is 0.338 e. The average molecular weight is 394 g/mol. The van der Waals surface area contributed by atoms with Crippen LogP contribution in [0.25, 0.3) is 11.0 Å². The summed E-state index contributed by atoms with van der Waals surface area (Å²) in [4.78, 5) is 24.6. The minimum atomic E-state index is -0.554. The SMILES string of the molecule is CCn1nnc2cc(C(=O)OCC(=O)c3ccc(Br)s3)ccc21. The molecule has 0 saturated heterocycles. The number of aryl methyl sites for hydroxylation is 1. The summed E-state index contributed by atoms with van der Waals surface area (Å²) in [6, 6.07) is 8.51. The first kappa shape index (κ1) is 15.8. The van der Waals surface area contributed by atoms with E-state index in [9.17, 15) is 9.59 Å². The number of hydrogen-bond acceptors (Lipinski definition) is 6. The first-order valence-electron chi connectivity index (χ1n) is 6.87. The smallest absolute Gasteiger partial charge is 0.338 e. The molecule has 6 nitrogen and oxygen atoms in total. The lowest BCUT2D eigenvalue weighted by atomic mass is 10.2. The number of aromatic nitrogens is 3. The summed E-state index contributed by atoms with van der Waals surface area (Å²) < 4.78 is 7.68. The maximum absolute atomic E-state index is 12.1. The average Bonchev–Trinajstić information content (AvgIpc) is 3.17. The molecule has 0 saturated carbocycles. The van der Waals surface area contributed by atoms with Crippen molar-refractivity contribution in [2.75, 3.05) is 6.61 Å². The van der Waals surface area contributed by atoms with E-state index >= 15 is 0 Å². The van der Waals surface area contributed by atoms with E-state index in [-0.39, 0.29) is 12.4 Å². The summed E-state index contributed by atoms with van der Waals surface area (Å²) in [5, 5.41) is 8.00. The number of rotatable bonds is 5. The number of carbonyl (C=O) groups excluding carboxylic acids is 2. The molecule has 0 N–H and O–H groups in total. The third kappa shape index (κ3) is 3.32. The highest BCUT2D eigenvalue weighted by molar-refractivity contribution is 9.11. The number of fused-ring (bicyclic) bond motifs is 1. The monoisotopic (exact) mass is 393 g/mol. The van der Waals surface area contributed by atoms with Crippen LogP contribution in [-0.2, 0) is 11.3 Å². The van der Waals surface area contributed by atoms with E-state index in [4.69, 9.17) is 4.74 Å². The second-order valence-electron chi connectivity index (χ2n) is 4.71. The second kappa shape index (κ2) is 6.59. The van der Waals surface area contributed by atoms with Crippen LogP contribution in [0.2, 0.25) is 0 Å². The fraction of sp³-hybridized carbons (Fsp3) is 0.200. The van der Waals surface area contributed by atoms with Gasteiger partial charge < -0.3 is 4.74 Å². The van der Waals surface area contributed by atoms with Crippen LogP contribution in [0, 0.1) is 0 Å². The molecule has 3 rings (SSSR count). The zero-order valence-electron chi connectivity index (χ0n) is 12.2. The van der Waals surface area contributed by atoms with Crippen LogP contribution in [0.1, 0.15) is 27.0 Å². The lowest BCUT2D eigenvalue weighted by Crippen LogP contribution is -2.13. The lowest BCUT2D eigenvalue weighted by molar-refractivity contribution is 0.0476. The van der Waals surface area contributed by atoms with Crippen molar-refractivity contribution in [3.8, 4) is 0 Å². The summed E-state index contributed by atoms with van der Waals surface area (Å²) in [5.41, 5.74) is 1.82. The number of thiophene rings is 1. The van der Waals surface area contributed by atoms with Gasteiger partial charge in [0.15, 0.2) is 6.61 Å². The number of benzene rings is 1. The van der Waals surface area contributed by atoms with Gasteiger partial charge in [-0.3, -0.25) is 4.79 Å². The number of ketones is 1. The van der Waals surface area contributed by atoms with Gasteiger partial charge in [0.25, 0.3) is 0 Å². The summed E-state index contributed by atoms with van der Waals surface area (Å²) in [7, 11) is 0. The Kier molecular flexibility index (Phi) is 4.53. The van der Waals surface area contributed by atoms with Crippen LogP contribution in [0.4, 0.5) is 0 Å². The molecule has 0 unspecified atom stereocenters. The van der Waals surface area contributed by atoms with Gasteiger partial charge in [-0.15, -0.1) is 16.4 Å². The predicted octanol–water partition coefficient (Wildman–Crippen LogP) is 3.31. The molecule has 0 fully saturated rings. The molecule has 0 bridgehead atoms. The Bertz CT molecular complexity index is 887. The standard InChI is InChI=1S/C15H12BrN3O3S/c1-2-19-11-4-3-9(7-10(11)17-18-19)15(21)22-8-12(20)13-5-6-14(16)23-13/h3-7H,2,8H2,1H3. The Morgan fingerprint density at radius 2 is 2.13 bits per heavy atom. The van der Waals surface area contributed by atoms with Crippen molar-refractivity contribution in [3.63, 3.8) is 0 Å². The zero-order chi connectivity index (χ0) is 16.4. The molecule has 0 spiro atoms. The molecule has 1 aromatic carbocycles. The predicted molar refractivity (Wildman–Crippen MR) is 89.8 cm³/mol. The van der Waals surface area contributed by atoms with Crippen LogP contribution in [0.3, 0.4) is 0 Å². The van der Waals surface area contributed by atoms with Crippen molar-refractivity contribution >= 4 is 50.1 Å². The summed E-state index contributed by atoms with van der Waals surface area (Å²) in [5.74, 6) is -0.783. The molecule has 0 amide bonds. The number of carbonyl (C=O) groups is 2. The van der Waals surface area contributed by atoms with Gasteiger partial charge in [-0.05, 0) is 53.2 Å². The third-order valence-corrected chi connectivity index (χ3v) is 4.90. The highest BCUT2D eigenvalue weighted by atomic mass is 79.9. The van der Waals surface area contributed by atoms with Crippen LogP contribution in [0.15, 0.2) is 34.1 Å². The molecule has 118 valence electrons. The van der Waals surface area contributed by atoms with Crippen LogP contribution >= 0.6 is 27.3 Å². The van der Waals surface area contributed by atoms with Crippen molar-refractivity contribution < 1.29 is 14.3 Å². The molecule has 0 aliphatic heterocycles. The summed E-state index contributed by atoms with van der Waals surface area (Å²) >= 11 is 4.60. The van der Waals surface area contributed by atoms with Gasteiger partial charge in [-0.2, -0.15) is 0 Å². The Balaban J connectivity index is 1.69. The Morgan fingerprint density at radius 3 is 2.83 bits per heavy atom. The molecular formula is C15H12BrN3O3S. The van der Waals surface area contributed by atoms with Crippen molar-refractivity contribution in [2.45, 2.75) is 13.5 Å². The molecule has 2 heterocycles. The summed E-state index contributed by atoms with van der Waals surface area (Å²) in [6.45, 7) is 2.38. The Hall–Kier alpha value is -2.06. The minimum absolute atomic E-state index is 0.230. The van der Waals surface area contributed by atoms with E-state index in [0.717, 1.165) is 9.30 Å². The van der Waals surface area contributed by atoms with Crippen molar-refractivity contribution in [3.05, 3.63) is 44.6 Å². The number of esters is 1. The molecule has 8 heteroatoms. The highest BCUT2D eigenvalue weighted by Crippen LogP contribution is 2.22. The lowest BCUT2D eigenvalue weighted by Gasteiger charge is -2.03. The molecule has 2 aromatic heterocycles. The highest BCUT2D eigenvalue weighted by Gasteiger charge is 2.15. The van der Waals surface area contributed by atoms with Crippen molar-refractivity contribution in [2.24, 2.45) is 0 Å². The fourth-order valence-corrected chi connectivity index (χ4v) is 3.39. The van der Waals surface area contributed by atoms with E-state index in [1.807, 2.05) is 6.92 Å². The van der Waals surface area contributed by atoms with E-state index < -0.39 is 5.97 Å². The van der Waals surface area contributed by atoms with Crippen molar-refractivity contribution in [1.82, 2.24) is 15.0 Å². The number of halogens is 1. The van der Waals surface area contributed by atoms with Crippen LogP contribution in [-0.4, -0.2) is 33.4 Å². The van der Waals surface area contributed by atoms with Gasteiger partial charge in [-0.1, -0.05) is 5.21 Å². The first-order valence-corrected chi connectivity index (χ1v) is 8.48. The van der Waals surface area contributed by atoms with Gasteiger partial charge in [0, 0.05) is 6.54 Å². The molecular weight excluding hydrogens is 382 g/mol. The quantitative estimate of drug-likeness (QED) is 0.490. The van der Waals surface area contributed by atoms with E-state index in [1.165, 1.54) is 11.3 Å². The van der Waals surface area contributed by atoms with E-state index in [0.29, 0.717) is 22.5 Å². The molecule has 23 heavy (non-hydrogen) atoms. The second-order valence-corrected chi connectivity index (χ2v) is 7.17. The Morgan fingerprint density at radius 1 is 1.30 bits per heavy atom. The molecule has 0 radical (unpaired) electrons. The van der Waals surface area contributed by atoms with Gasteiger partial charge in [-0.25, -0.2) is 9.48 Å². The molecule has 3 aromatic rings. The first-order chi connectivity index (χ1) is 11.1. The summed E-state index contributed by atoms with van der Waals surface area (Å²) in [6.07, 6.45) is 0. The number of hydrogen-bond donors (Lipinski definition) is 0. The van der Waals surface area contributed by atoms with Gasteiger partial charge in [0.05, 0.1) is 19.7 Å². The minimum Gasteiger partial charge on any atom is -0.454 e. The third-order valence-electron chi connectivity index (χ3n) is 3.23. The van der Waals surface area contributed by atoms with Gasteiger partial charge in [0.1, 0.15) is 5.52 Å². The largest absolute Gasteiger partial charge is 0.454 e. The number of nitrogens with zero attached hydrogens (tertiary/aromatic N) is 3. The topological polar surface area (TPSA) is 74.1 Å². The molecule has 0 atom stereocenters. The van der Waals surface area contributed by atoms with Crippen LogP contribution < -0.4 is 0 Å². The fourth-order valence-electron chi connectivity index (χ4n) is 2.08. The van der Waals surface area contributed by atoms with Gasteiger partial charge >= 0.3 is 5.97 Å². The molecule has 0 aliphatic rings. The normalized spacial score (nSPS) is 10.9. The number of Topliss-reactive ketones (excluding diaryl/α,β-unsaturated/α-hetero) is 1. The van der Waals surface area contributed by atoms with Crippen molar-refractivity contribution in [1.29, 1.82) is 0 Å².